The zero-order valence-electron chi connectivity index (χ0n) is 11.7. The maximum absolute atomic E-state index is 5.90. The fraction of sp³-hybridized carbons (Fsp3) is 0.235. The average molecular weight is 279 g/mol. The number of hydrogen-bond acceptors (Lipinski definition) is 3. The fourth-order valence-electron chi connectivity index (χ4n) is 2.87. The molecule has 0 fully saturated rings. The van der Waals surface area contributed by atoms with Crippen LogP contribution in [0.5, 0.6) is 0 Å². The van der Waals surface area contributed by atoms with Gasteiger partial charge in [-0.05, 0) is 35.7 Å². The van der Waals surface area contributed by atoms with Crippen LogP contribution in [0.1, 0.15) is 17.2 Å². The van der Waals surface area contributed by atoms with Crippen molar-refractivity contribution in [3.63, 3.8) is 0 Å². The van der Waals surface area contributed by atoms with E-state index in [9.17, 15) is 0 Å². The van der Waals surface area contributed by atoms with Gasteiger partial charge in [-0.3, -0.25) is 0 Å². The molecule has 4 heteroatoms. The number of ether oxygens (including phenoxy) is 1. The van der Waals surface area contributed by atoms with Crippen molar-refractivity contribution in [1.82, 2.24) is 9.97 Å². The van der Waals surface area contributed by atoms with Gasteiger partial charge in [0, 0.05) is 18.1 Å². The number of pyridine rings is 1. The zero-order chi connectivity index (χ0) is 14.1. The molecule has 0 aliphatic carbocycles. The molecule has 1 atom stereocenters. The maximum Gasteiger partial charge on any atom is 0.139 e. The Morgan fingerprint density at radius 1 is 1.19 bits per heavy atom. The third kappa shape index (κ3) is 2.38. The van der Waals surface area contributed by atoms with E-state index in [1.807, 2.05) is 18.3 Å². The summed E-state index contributed by atoms with van der Waals surface area (Å²) in [6, 6.07) is 14.6. The second-order valence-electron chi connectivity index (χ2n) is 5.30. The first-order chi connectivity index (χ1) is 10.4. The number of anilines is 1. The summed E-state index contributed by atoms with van der Waals surface area (Å²) in [5.74, 6) is 0.872. The van der Waals surface area contributed by atoms with Gasteiger partial charge in [0.1, 0.15) is 11.5 Å². The molecule has 2 aromatic heterocycles. The van der Waals surface area contributed by atoms with Crippen LogP contribution in [-0.4, -0.2) is 23.1 Å². The van der Waals surface area contributed by atoms with E-state index < -0.39 is 0 Å². The summed E-state index contributed by atoms with van der Waals surface area (Å²) in [4.78, 5) is 7.68. The number of hydrogen-bond donors (Lipinski definition) is 2. The van der Waals surface area contributed by atoms with E-state index in [1.54, 1.807) is 0 Å². The van der Waals surface area contributed by atoms with Crippen LogP contribution in [-0.2, 0) is 11.2 Å². The minimum atomic E-state index is 0.0936. The molecule has 2 N–H and O–H groups in total. The van der Waals surface area contributed by atoms with E-state index in [-0.39, 0.29) is 6.10 Å². The zero-order valence-corrected chi connectivity index (χ0v) is 11.7. The minimum Gasteiger partial charge on any atom is -0.371 e. The quantitative estimate of drug-likeness (QED) is 0.773. The van der Waals surface area contributed by atoms with Crippen LogP contribution in [0.25, 0.3) is 11.0 Å². The maximum atomic E-state index is 5.90. The molecule has 4 nitrogen and oxygen atoms in total. The highest BCUT2D eigenvalue weighted by Gasteiger charge is 2.20. The Kier molecular flexibility index (Phi) is 3.09. The lowest BCUT2D eigenvalue weighted by molar-refractivity contribution is 0.0513. The lowest BCUT2D eigenvalue weighted by atomic mass is 9.97. The Bertz CT molecular complexity index is 765. The van der Waals surface area contributed by atoms with Gasteiger partial charge in [-0.2, -0.15) is 0 Å². The van der Waals surface area contributed by atoms with Crippen molar-refractivity contribution >= 4 is 16.9 Å². The molecule has 106 valence electrons. The van der Waals surface area contributed by atoms with E-state index in [4.69, 9.17) is 4.74 Å². The molecule has 1 aliphatic rings. The topological polar surface area (TPSA) is 49.9 Å². The number of rotatable bonds is 3. The van der Waals surface area contributed by atoms with Crippen LogP contribution in [0, 0.1) is 0 Å². The SMILES string of the molecule is c1ccc2c(c1)CCO[C@H]2CNc1ccc2cc[nH]c2n1. The van der Waals surface area contributed by atoms with Gasteiger partial charge in [-0.1, -0.05) is 24.3 Å². The van der Waals surface area contributed by atoms with Crippen molar-refractivity contribution in [2.45, 2.75) is 12.5 Å². The van der Waals surface area contributed by atoms with Gasteiger partial charge < -0.3 is 15.0 Å². The smallest absolute Gasteiger partial charge is 0.139 e. The number of aromatic amines is 1. The molecular formula is C17H17N3O. The summed E-state index contributed by atoms with van der Waals surface area (Å²) in [5.41, 5.74) is 3.59. The van der Waals surface area contributed by atoms with Gasteiger partial charge in [0.25, 0.3) is 0 Å². The van der Waals surface area contributed by atoms with Gasteiger partial charge in [-0.25, -0.2) is 4.98 Å². The Morgan fingerprint density at radius 3 is 3.14 bits per heavy atom. The van der Waals surface area contributed by atoms with Crippen molar-refractivity contribution in [3.05, 3.63) is 59.8 Å². The van der Waals surface area contributed by atoms with E-state index in [0.29, 0.717) is 0 Å². The molecular weight excluding hydrogens is 262 g/mol. The fourth-order valence-corrected chi connectivity index (χ4v) is 2.87. The molecule has 1 aliphatic heterocycles. The highest BCUT2D eigenvalue weighted by atomic mass is 16.5. The lowest BCUT2D eigenvalue weighted by Crippen LogP contribution is -2.23. The van der Waals surface area contributed by atoms with E-state index in [2.05, 4.69) is 45.6 Å². The molecule has 3 aromatic rings. The number of nitrogens with one attached hydrogen (secondary N) is 2. The molecule has 4 rings (SSSR count). The van der Waals surface area contributed by atoms with Crippen LogP contribution in [0.4, 0.5) is 5.82 Å². The summed E-state index contributed by atoms with van der Waals surface area (Å²) in [5, 5.41) is 4.51. The van der Waals surface area contributed by atoms with Gasteiger partial charge in [-0.15, -0.1) is 0 Å². The van der Waals surface area contributed by atoms with Crippen molar-refractivity contribution in [2.24, 2.45) is 0 Å². The van der Waals surface area contributed by atoms with Crippen LogP contribution >= 0.6 is 0 Å². The Morgan fingerprint density at radius 2 is 2.14 bits per heavy atom. The van der Waals surface area contributed by atoms with Crippen molar-refractivity contribution in [1.29, 1.82) is 0 Å². The second-order valence-corrected chi connectivity index (χ2v) is 5.30. The first kappa shape index (κ1) is 12.4. The summed E-state index contributed by atoms with van der Waals surface area (Å²) < 4.78 is 5.90. The first-order valence-electron chi connectivity index (χ1n) is 7.27. The number of fused-ring (bicyclic) bond motifs is 2. The van der Waals surface area contributed by atoms with E-state index in [1.165, 1.54) is 11.1 Å². The van der Waals surface area contributed by atoms with E-state index in [0.717, 1.165) is 36.4 Å². The van der Waals surface area contributed by atoms with Crippen LogP contribution in [0.2, 0.25) is 0 Å². The second kappa shape index (κ2) is 5.22. The molecule has 0 saturated heterocycles. The highest BCUT2D eigenvalue weighted by molar-refractivity contribution is 5.77. The number of benzene rings is 1. The minimum absolute atomic E-state index is 0.0936. The third-order valence-electron chi connectivity index (χ3n) is 3.97. The summed E-state index contributed by atoms with van der Waals surface area (Å²) >= 11 is 0. The average Bonchev–Trinajstić information content (AvgIpc) is 3.00. The predicted octanol–water partition coefficient (Wildman–Crippen LogP) is 3.29. The Labute approximate surface area is 123 Å². The molecule has 0 amide bonds. The molecule has 0 radical (unpaired) electrons. The lowest BCUT2D eigenvalue weighted by Gasteiger charge is -2.26. The molecule has 0 bridgehead atoms. The predicted molar refractivity (Wildman–Crippen MR) is 83.4 cm³/mol. The normalized spacial score (nSPS) is 17.6. The molecule has 0 spiro atoms. The number of nitrogens with zero attached hydrogens (tertiary/aromatic N) is 1. The molecule has 1 aromatic carbocycles. The van der Waals surface area contributed by atoms with Gasteiger partial charge >= 0.3 is 0 Å². The van der Waals surface area contributed by atoms with Crippen molar-refractivity contribution in [2.75, 3.05) is 18.5 Å². The molecule has 0 unspecified atom stereocenters. The molecule has 3 heterocycles. The summed E-state index contributed by atoms with van der Waals surface area (Å²) in [7, 11) is 0. The monoisotopic (exact) mass is 279 g/mol. The van der Waals surface area contributed by atoms with E-state index >= 15 is 0 Å². The first-order valence-corrected chi connectivity index (χ1v) is 7.27. The number of H-pyrrole nitrogens is 1. The Balaban J connectivity index is 1.52. The van der Waals surface area contributed by atoms with Crippen molar-refractivity contribution in [3.8, 4) is 0 Å². The molecule has 0 saturated carbocycles. The van der Waals surface area contributed by atoms with Crippen molar-refractivity contribution < 1.29 is 4.74 Å². The van der Waals surface area contributed by atoms with Crippen LogP contribution in [0.15, 0.2) is 48.7 Å². The standard InChI is InChI=1S/C17H17N3O/c1-2-4-14-12(3-1)8-10-21-15(14)11-19-16-6-5-13-7-9-18-17(13)20-16/h1-7,9,15H,8,10-11H2,(H2,18,19,20)/t15-/m0/s1. The summed E-state index contributed by atoms with van der Waals surface area (Å²) in [6.45, 7) is 1.52. The van der Waals surface area contributed by atoms with Crippen LogP contribution in [0.3, 0.4) is 0 Å². The number of aromatic nitrogens is 2. The van der Waals surface area contributed by atoms with Gasteiger partial charge in [0.05, 0.1) is 12.7 Å². The summed E-state index contributed by atoms with van der Waals surface area (Å²) in [6.07, 6.45) is 3.00. The third-order valence-corrected chi connectivity index (χ3v) is 3.97. The van der Waals surface area contributed by atoms with Gasteiger partial charge in [0.2, 0.25) is 0 Å². The highest BCUT2D eigenvalue weighted by Crippen LogP contribution is 2.27. The van der Waals surface area contributed by atoms with Gasteiger partial charge in [0.15, 0.2) is 0 Å². The molecule has 21 heavy (non-hydrogen) atoms. The largest absolute Gasteiger partial charge is 0.371 e. The Hall–Kier alpha value is -2.33. The van der Waals surface area contributed by atoms with Crippen LogP contribution < -0.4 is 5.32 Å².